The lowest BCUT2D eigenvalue weighted by atomic mass is 10.1. The highest BCUT2D eigenvalue weighted by molar-refractivity contribution is 6.49. The number of hydrogen-bond acceptors (Lipinski definition) is 6. The van der Waals surface area contributed by atoms with E-state index >= 15 is 0 Å². The minimum absolute atomic E-state index is 0.0208. The molecule has 10 heteroatoms. The van der Waals surface area contributed by atoms with Crippen LogP contribution in [0.15, 0.2) is 0 Å². The molecule has 0 unspecified atom stereocenters. The molecule has 0 aliphatic heterocycles. The number of aromatic nitrogens is 3. The molecule has 0 saturated heterocycles. The maximum absolute atomic E-state index is 5.57. The number of nitrogens with zero attached hydrogens (tertiary/aromatic N) is 5. The molecule has 0 aromatic carbocycles. The zero-order chi connectivity index (χ0) is 15.7. The molecule has 21 heavy (non-hydrogen) atoms. The quantitative estimate of drug-likeness (QED) is 0.430. The predicted molar refractivity (Wildman–Crippen MR) is 87.1 cm³/mol. The smallest absolute Gasteiger partial charge is 0.323 e. The molecule has 0 atom stereocenters. The monoisotopic (exact) mass is 375 g/mol. The van der Waals surface area contributed by atoms with Crippen LogP contribution < -0.4 is 12.6 Å². The fourth-order valence-corrected chi connectivity index (χ4v) is 1.90. The summed E-state index contributed by atoms with van der Waals surface area (Å²) < 4.78 is 6.81. The summed E-state index contributed by atoms with van der Waals surface area (Å²) in [7, 11) is 0. The molecule has 0 spiro atoms. The van der Waals surface area contributed by atoms with Crippen molar-refractivity contribution < 1.29 is 4.74 Å². The Hall–Kier alpha value is -0.430. The van der Waals surface area contributed by atoms with Gasteiger partial charge in [-0.1, -0.05) is 39.0 Å². The molecule has 0 bridgehead atoms. The van der Waals surface area contributed by atoms with E-state index in [1.165, 1.54) is 25.7 Å². The van der Waals surface area contributed by atoms with Crippen LogP contribution in [0.3, 0.4) is 0 Å². The van der Waals surface area contributed by atoms with E-state index in [4.69, 9.17) is 51.8 Å². The van der Waals surface area contributed by atoms with Gasteiger partial charge in [-0.15, -0.1) is 0 Å². The van der Waals surface area contributed by atoms with Crippen LogP contribution in [0.5, 0.6) is 6.01 Å². The van der Waals surface area contributed by atoms with Crippen LogP contribution in [0, 0.1) is 0 Å². The van der Waals surface area contributed by atoms with Crippen molar-refractivity contribution in [2.45, 2.75) is 45.4 Å². The second kappa shape index (κ2) is 10.3. The van der Waals surface area contributed by atoms with Crippen LogP contribution in [0.1, 0.15) is 45.4 Å². The maximum atomic E-state index is 5.57. The fourth-order valence-electron chi connectivity index (χ4n) is 1.60. The van der Waals surface area contributed by atoms with E-state index in [2.05, 4.69) is 21.9 Å². The van der Waals surface area contributed by atoms with E-state index in [9.17, 15) is 0 Å². The number of anilines is 2. The van der Waals surface area contributed by atoms with Crippen molar-refractivity contribution in [3.05, 3.63) is 0 Å². The summed E-state index contributed by atoms with van der Waals surface area (Å²) in [5.41, 5.74) is 0. The predicted octanol–water partition coefficient (Wildman–Crippen LogP) is 4.84. The highest BCUT2D eigenvalue weighted by atomic mass is 35.5. The van der Waals surface area contributed by atoms with Crippen LogP contribution in [-0.2, 0) is 0 Å². The van der Waals surface area contributed by atoms with Gasteiger partial charge in [0.25, 0.3) is 11.9 Å². The summed E-state index contributed by atoms with van der Waals surface area (Å²) in [6, 6.07) is 0.0705. The summed E-state index contributed by atoms with van der Waals surface area (Å²) in [6.07, 6.45) is 6.95. The van der Waals surface area contributed by atoms with Crippen LogP contribution in [-0.4, -0.2) is 21.6 Å². The Labute approximate surface area is 144 Å². The molecule has 1 heterocycles. The molecule has 0 aliphatic carbocycles. The van der Waals surface area contributed by atoms with Gasteiger partial charge in [0.1, 0.15) is 0 Å². The highest BCUT2D eigenvalue weighted by Gasteiger charge is 2.14. The number of rotatable bonds is 10. The van der Waals surface area contributed by atoms with Gasteiger partial charge < -0.3 is 4.74 Å². The van der Waals surface area contributed by atoms with Crippen molar-refractivity contribution in [1.29, 1.82) is 0 Å². The van der Waals surface area contributed by atoms with E-state index < -0.39 is 0 Å². The Bertz CT molecular complexity index is 395. The SMILES string of the molecule is CCCCCCCCOc1nc(N(Cl)Cl)nc(N(Cl)Cl)n1. The van der Waals surface area contributed by atoms with Gasteiger partial charge in [0.2, 0.25) is 0 Å². The van der Waals surface area contributed by atoms with E-state index in [1.807, 2.05) is 0 Å². The minimum Gasteiger partial charge on any atom is -0.463 e. The highest BCUT2D eigenvalue weighted by Crippen LogP contribution is 2.22. The first-order valence-corrected chi connectivity index (χ1v) is 8.02. The first-order valence-electron chi connectivity index (χ1n) is 6.66. The van der Waals surface area contributed by atoms with Crippen molar-refractivity contribution in [3.63, 3.8) is 0 Å². The standard InChI is InChI=1S/C11H17Cl4N5O/c1-2-3-4-5-6-7-8-21-11-17-9(19(12)13)16-10(18-11)20(14)15/h2-8H2,1H3. The first-order chi connectivity index (χ1) is 10.0. The van der Waals surface area contributed by atoms with E-state index in [0.717, 1.165) is 12.8 Å². The van der Waals surface area contributed by atoms with Gasteiger partial charge in [0, 0.05) is 47.1 Å². The molecule has 1 aromatic rings. The molecule has 6 nitrogen and oxygen atoms in total. The van der Waals surface area contributed by atoms with Crippen molar-refractivity contribution in [1.82, 2.24) is 15.0 Å². The van der Waals surface area contributed by atoms with Gasteiger partial charge in [-0.25, -0.2) is 0 Å². The third kappa shape index (κ3) is 7.40. The number of unbranched alkanes of at least 4 members (excludes halogenated alkanes) is 5. The van der Waals surface area contributed by atoms with Gasteiger partial charge in [-0.05, 0) is 6.42 Å². The third-order valence-corrected chi connectivity index (χ3v) is 3.23. The first kappa shape index (κ1) is 18.6. The Balaban J connectivity index is 2.46. The molecule has 0 saturated carbocycles. The van der Waals surface area contributed by atoms with Gasteiger partial charge >= 0.3 is 6.01 Å². The van der Waals surface area contributed by atoms with E-state index in [-0.39, 0.29) is 17.9 Å². The summed E-state index contributed by atoms with van der Waals surface area (Å²) in [6.45, 7) is 2.68. The third-order valence-electron chi connectivity index (χ3n) is 2.62. The molecule has 0 N–H and O–H groups in total. The normalized spacial score (nSPS) is 10.5. The summed E-state index contributed by atoms with van der Waals surface area (Å²) in [5, 5.41) is 0. The van der Waals surface area contributed by atoms with Crippen molar-refractivity contribution >= 4 is 59.0 Å². The second-order valence-corrected chi connectivity index (χ2v) is 6.00. The molecular weight excluding hydrogens is 360 g/mol. The van der Waals surface area contributed by atoms with Crippen LogP contribution in [0.2, 0.25) is 0 Å². The molecule has 1 aromatic heterocycles. The average Bonchev–Trinajstić information content (AvgIpc) is 2.46. The Morgan fingerprint density at radius 2 is 1.33 bits per heavy atom. The minimum atomic E-state index is -0.0208. The zero-order valence-corrected chi connectivity index (χ0v) is 14.6. The molecule has 1 rings (SSSR count). The molecular formula is C11H17Cl4N5O. The van der Waals surface area contributed by atoms with Crippen LogP contribution in [0.4, 0.5) is 11.9 Å². The largest absolute Gasteiger partial charge is 0.463 e. The van der Waals surface area contributed by atoms with Gasteiger partial charge in [0.15, 0.2) is 0 Å². The van der Waals surface area contributed by atoms with Gasteiger partial charge in [-0.2, -0.15) is 22.8 Å². The number of hydrogen-bond donors (Lipinski definition) is 0. The Morgan fingerprint density at radius 3 is 1.86 bits per heavy atom. The second-order valence-electron chi connectivity index (χ2n) is 4.30. The number of ether oxygens (including phenoxy) is 1. The summed E-state index contributed by atoms with van der Waals surface area (Å²) in [4.78, 5) is 11.7. The van der Waals surface area contributed by atoms with Gasteiger partial charge in [-0.3, -0.25) is 0 Å². The zero-order valence-electron chi connectivity index (χ0n) is 11.6. The summed E-state index contributed by atoms with van der Waals surface area (Å²) in [5.74, 6) is -0.0415. The molecule has 0 fully saturated rings. The molecule has 0 amide bonds. The van der Waals surface area contributed by atoms with Crippen molar-refractivity contribution in [3.8, 4) is 6.01 Å². The molecule has 0 radical (unpaired) electrons. The van der Waals surface area contributed by atoms with E-state index in [1.54, 1.807) is 0 Å². The van der Waals surface area contributed by atoms with Crippen LogP contribution in [0.25, 0.3) is 0 Å². The van der Waals surface area contributed by atoms with Crippen LogP contribution >= 0.6 is 47.1 Å². The van der Waals surface area contributed by atoms with E-state index in [0.29, 0.717) is 14.5 Å². The maximum Gasteiger partial charge on any atom is 0.323 e. The lowest BCUT2D eigenvalue weighted by molar-refractivity contribution is 0.281. The van der Waals surface area contributed by atoms with Crippen molar-refractivity contribution in [2.75, 3.05) is 14.5 Å². The summed E-state index contributed by atoms with van der Waals surface area (Å²) >= 11 is 22.3. The molecule has 0 aliphatic rings. The fraction of sp³-hybridized carbons (Fsp3) is 0.727. The van der Waals surface area contributed by atoms with Gasteiger partial charge in [0.05, 0.1) is 6.61 Å². The molecule has 120 valence electrons. The number of halogens is 4. The average molecular weight is 377 g/mol. The topological polar surface area (TPSA) is 54.4 Å². The Kier molecular flexibility index (Phi) is 9.15. The Morgan fingerprint density at radius 1 is 0.810 bits per heavy atom. The lowest BCUT2D eigenvalue weighted by Crippen LogP contribution is -2.10. The lowest BCUT2D eigenvalue weighted by Gasteiger charge is -2.10. The van der Waals surface area contributed by atoms with Crippen molar-refractivity contribution in [2.24, 2.45) is 0 Å².